The largest absolute Gasteiger partial charge is 0.377 e. The lowest BCUT2D eigenvalue weighted by molar-refractivity contribution is -0.130. The van der Waals surface area contributed by atoms with Crippen molar-refractivity contribution in [2.24, 2.45) is 11.3 Å². The van der Waals surface area contributed by atoms with Crippen LogP contribution >= 0.6 is 0 Å². The number of likely N-dealkylation sites (tertiary alicyclic amines) is 1. The van der Waals surface area contributed by atoms with Crippen molar-refractivity contribution in [3.63, 3.8) is 0 Å². The molecule has 0 aromatic carbocycles. The Balaban J connectivity index is 0.982. The molecule has 0 spiro atoms. The summed E-state index contributed by atoms with van der Waals surface area (Å²) in [6.45, 7) is 5.75. The molecule has 5 rings (SSSR count). The van der Waals surface area contributed by atoms with Gasteiger partial charge in [-0.2, -0.15) is 0 Å². The average molecular weight is 441 g/mol. The topological polar surface area (TPSA) is 66.5 Å². The number of nitrogens with one attached hydrogen (secondary N) is 2. The van der Waals surface area contributed by atoms with E-state index >= 15 is 0 Å². The zero-order valence-corrected chi connectivity index (χ0v) is 19.5. The molecule has 6 nitrogen and oxygen atoms in total. The Morgan fingerprint density at radius 2 is 2.16 bits per heavy atom. The SMILES string of the molecule is O=C(NCCCOC1CCCN(CCc2ccc3c(n2)NCCC3)C1)C12CCC(CC1)C2. The van der Waals surface area contributed by atoms with E-state index in [0.717, 1.165) is 96.0 Å². The molecule has 2 aliphatic heterocycles. The van der Waals surface area contributed by atoms with Crippen LogP contribution in [0.15, 0.2) is 12.1 Å². The van der Waals surface area contributed by atoms with Gasteiger partial charge in [0, 0.05) is 50.3 Å². The first kappa shape index (κ1) is 22.1. The van der Waals surface area contributed by atoms with Gasteiger partial charge in [-0.25, -0.2) is 4.98 Å². The maximum Gasteiger partial charge on any atom is 0.226 e. The summed E-state index contributed by atoms with van der Waals surface area (Å²) in [6, 6.07) is 4.46. The van der Waals surface area contributed by atoms with Gasteiger partial charge in [0.05, 0.1) is 6.10 Å². The molecule has 4 aliphatic rings. The number of ether oxygens (including phenoxy) is 1. The maximum atomic E-state index is 12.6. The highest BCUT2D eigenvalue weighted by atomic mass is 16.5. The van der Waals surface area contributed by atoms with E-state index in [9.17, 15) is 4.79 Å². The molecule has 32 heavy (non-hydrogen) atoms. The van der Waals surface area contributed by atoms with E-state index < -0.39 is 0 Å². The summed E-state index contributed by atoms with van der Waals surface area (Å²) in [4.78, 5) is 20.0. The molecule has 1 aromatic rings. The van der Waals surface area contributed by atoms with Gasteiger partial charge in [0.25, 0.3) is 0 Å². The number of carbonyl (C=O) groups is 1. The number of pyridine rings is 1. The molecule has 2 N–H and O–H groups in total. The molecule has 1 amide bonds. The summed E-state index contributed by atoms with van der Waals surface area (Å²) in [7, 11) is 0. The predicted molar refractivity (Wildman–Crippen MR) is 127 cm³/mol. The van der Waals surface area contributed by atoms with Crippen LogP contribution < -0.4 is 10.6 Å². The first-order chi connectivity index (χ1) is 15.7. The van der Waals surface area contributed by atoms with Crippen molar-refractivity contribution in [1.82, 2.24) is 15.2 Å². The van der Waals surface area contributed by atoms with Gasteiger partial charge in [-0.3, -0.25) is 4.79 Å². The lowest BCUT2D eigenvalue weighted by atomic mass is 9.83. The molecule has 2 saturated carbocycles. The fraction of sp³-hybridized carbons (Fsp3) is 0.769. The first-order valence-corrected chi connectivity index (χ1v) is 13.1. The highest BCUT2D eigenvalue weighted by molar-refractivity contribution is 5.83. The standard InChI is InChI=1S/C26H40N4O2/c31-25(26-11-8-20(18-26)9-12-26)28-14-3-17-32-23-5-2-15-30(19-23)16-10-22-7-6-21-4-1-13-27-24(21)29-22/h6-7,20,23H,1-5,8-19H2,(H,27,29)(H,28,31). The van der Waals surface area contributed by atoms with E-state index in [1.807, 2.05) is 0 Å². The average Bonchev–Trinajstić information content (AvgIpc) is 3.45. The molecule has 0 radical (unpaired) electrons. The second-order valence-corrected chi connectivity index (χ2v) is 10.6. The fourth-order valence-electron chi connectivity index (χ4n) is 6.36. The molecule has 2 aliphatic carbocycles. The van der Waals surface area contributed by atoms with E-state index in [4.69, 9.17) is 9.72 Å². The van der Waals surface area contributed by atoms with E-state index in [2.05, 4.69) is 27.7 Å². The van der Waals surface area contributed by atoms with E-state index in [-0.39, 0.29) is 5.41 Å². The van der Waals surface area contributed by atoms with Gasteiger partial charge in [-0.1, -0.05) is 6.07 Å². The second-order valence-electron chi connectivity index (χ2n) is 10.6. The zero-order valence-electron chi connectivity index (χ0n) is 19.5. The number of nitrogens with zero attached hydrogens (tertiary/aromatic N) is 2. The van der Waals surface area contributed by atoms with E-state index in [1.54, 1.807) is 0 Å². The minimum Gasteiger partial charge on any atom is -0.377 e. The molecule has 1 aromatic heterocycles. The van der Waals surface area contributed by atoms with Crippen molar-refractivity contribution in [2.75, 3.05) is 44.6 Å². The molecule has 6 heteroatoms. The number of piperidine rings is 1. The molecule has 1 saturated heterocycles. The monoisotopic (exact) mass is 440 g/mol. The molecule has 3 heterocycles. The number of hydrogen-bond acceptors (Lipinski definition) is 5. The zero-order chi connectivity index (χ0) is 21.8. The molecular formula is C26H40N4O2. The first-order valence-electron chi connectivity index (χ1n) is 13.1. The third-order valence-electron chi connectivity index (χ3n) is 8.28. The van der Waals surface area contributed by atoms with Crippen molar-refractivity contribution in [3.8, 4) is 0 Å². The van der Waals surface area contributed by atoms with Gasteiger partial charge >= 0.3 is 0 Å². The van der Waals surface area contributed by atoms with Crippen LogP contribution in [-0.2, 0) is 22.4 Å². The summed E-state index contributed by atoms with van der Waals surface area (Å²) < 4.78 is 6.19. The van der Waals surface area contributed by atoms with Crippen molar-refractivity contribution in [1.29, 1.82) is 0 Å². The summed E-state index contributed by atoms with van der Waals surface area (Å²) in [5.74, 6) is 2.23. The Morgan fingerprint density at radius 3 is 3.00 bits per heavy atom. The quantitative estimate of drug-likeness (QED) is 0.575. The van der Waals surface area contributed by atoms with Crippen molar-refractivity contribution in [3.05, 3.63) is 23.4 Å². The molecule has 3 fully saturated rings. The van der Waals surface area contributed by atoms with Crippen LogP contribution in [0, 0.1) is 11.3 Å². The van der Waals surface area contributed by atoms with Crippen LogP contribution in [0.1, 0.15) is 69.0 Å². The smallest absolute Gasteiger partial charge is 0.226 e. The van der Waals surface area contributed by atoms with Gasteiger partial charge in [0.15, 0.2) is 0 Å². The Bertz CT molecular complexity index is 790. The van der Waals surface area contributed by atoms with Crippen LogP contribution in [-0.4, -0.2) is 61.2 Å². The second kappa shape index (κ2) is 10.1. The summed E-state index contributed by atoms with van der Waals surface area (Å²) in [5.41, 5.74) is 2.53. The predicted octanol–water partition coefficient (Wildman–Crippen LogP) is 3.55. The Hall–Kier alpha value is -1.66. The van der Waals surface area contributed by atoms with Crippen LogP contribution in [0.4, 0.5) is 5.82 Å². The summed E-state index contributed by atoms with van der Waals surface area (Å²) in [5, 5.41) is 6.65. The number of anilines is 1. The van der Waals surface area contributed by atoms with Gasteiger partial charge in [0.1, 0.15) is 5.82 Å². The lowest BCUT2D eigenvalue weighted by Crippen LogP contribution is -2.41. The third kappa shape index (κ3) is 5.12. The highest BCUT2D eigenvalue weighted by Gasteiger charge is 2.49. The van der Waals surface area contributed by atoms with Crippen LogP contribution in [0.25, 0.3) is 0 Å². The van der Waals surface area contributed by atoms with E-state index in [0.29, 0.717) is 12.0 Å². The number of carbonyl (C=O) groups excluding carboxylic acids is 1. The Morgan fingerprint density at radius 1 is 1.25 bits per heavy atom. The van der Waals surface area contributed by atoms with Gasteiger partial charge < -0.3 is 20.3 Å². The number of fused-ring (bicyclic) bond motifs is 3. The summed E-state index contributed by atoms with van der Waals surface area (Å²) >= 11 is 0. The molecular weight excluding hydrogens is 400 g/mol. The molecule has 1 atom stereocenters. The summed E-state index contributed by atoms with van der Waals surface area (Å²) in [6.07, 6.45) is 12.8. The molecule has 176 valence electrons. The molecule has 2 bridgehead atoms. The van der Waals surface area contributed by atoms with Crippen molar-refractivity contribution >= 4 is 11.7 Å². The number of aryl methyl sites for hydroxylation is 1. The fourth-order valence-corrected chi connectivity index (χ4v) is 6.36. The number of amides is 1. The Kier molecular flexibility index (Phi) is 6.98. The number of aromatic nitrogens is 1. The van der Waals surface area contributed by atoms with Crippen LogP contribution in [0.5, 0.6) is 0 Å². The van der Waals surface area contributed by atoms with Gasteiger partial charge in [-0.15, -0.1) is 0 Å². The lowest BCUT2D eigenvalue weighted by Gasteiger charge is -2.32. The van der Waals surface area contributed by atoms with Crippen LogP contribution in [0.3, 0.4) is 0 Å². The minimum atomic E-state index is -0.0155. The van der Waals surface area contributed by atoms with Crippen molar-refractivity contribution < 1.29 is 9.53 Å². The third-order valence-corrected chi connectivity index (χ3v) is 8.28. The normalized spacial score (nSPS) is 29.5. The van der Waals surface area contributed by atoms with E-state index in [1.165, 1.54) is 36.9 Å². The number of rotatable bonds is 9. The van der Waals surface area contributed by atoms with Crippen LogP contribution in [0.2, 0.25) is 0 Å². The molecule has 1 unspecified atom stereocenters. The minimum absolute atomic E-state index is 0.0155. The number of hydrogen-bond donors (Lipinski definition) is 2. The highest BCUT2D eigenvalue weighted by Crippen LogP contribution is 2.54. The Labute approximate surface area is 192 Å². The van der Waals surface area contributed by atoms with Gasteiger partial charge in [-0.05, 0) is 88.3 Å². The van der Waals surface area contributed by atoms with Gasteiger partial charge in [0.2, 0.25) is 5.91 Å². The van der Waals surface area contributed by atoms with Crippen molar-refractivity contribution in [2.45, 2.75) is 76.7 Å². The maximum absolute atomic E-state index is 12.6.